The summed E-state index contributed by atoms with van der Waals surface area (Å²) < 4.78 is 22.1. The molecule has 0 radical (unpaired) electrons. The first-order valence-electron chi connectivity index (χ1n) is 9.24. The van der Waals surface area contributed by atoms with Crippen LogP contribution in [0.25, 0.3) is 0 Å². The zero-order chi connectivity index (χ0) is 18.6. The Labute approximate surface area is 156 Å². The van der Waals surface area contributed by atoms with Crippen molar-refractivity contribution in [1.29, 1.82) is 0 Å². The lowest BCUT2D eigenvalue weighted by molar-refractivity contribution is -0.0320. The summed E-state index contributed by atoms with van der Waals surface area (Å²) in [6.07, 6.45) is 3.26. The molecule has 146 valence electrons. The van der Waals surface area contributed by atoms with Crippen LogP contribution in [0.4, 0.5) is 5.69 Å². The fourth-order valence-corrected chi connectivity index (χ4v) is 2.71. The first-order valence-corrected chi connectivity index (χ1v) is 9.24. The van der Waals surface area contributed by atoms with E-state index in [0.717, 1.165) is 57.1 Å². The van der Waals surface area contributed by atoms with Gasteiger partial charge in [0.1, 0.15) is 0 Å². The lowest BCUT2D eigenvalue weighted by Gasteiger charge is -2.22. The quantitative estimate of drug-likeness (QED) is 0.398. The molecule has 2 N–H and O–H groups in total. The summed E-state index contributed by atoms with van der Waals surface area (Å²) >= 11 is 0. The van der Waals surface area contributed by atoms with Crippen molar-refractivity contribution in [1.82, 2.24) is 5.32 Å². The Bertz CT molecular complexity index is 560. The zero-order valence-electron chi connectivity index (χ0n) is 16.0. The van der Waals surface area contributed by atoms with Crippen LogP contribution in [0.3, 0.4) is 0 Å². The monoisotopic (exact) mass is 365 g/mol. The molecular formula is C19H31N3O4. The van der Waals surface area contributed by atoms with Gasteiger partial charge in [0.05, 0.1) is 19.8 Å². The van der Waals surface area contributed by atoms with E-state index in [1.807, 2.05) is 25.1 Å². The number of nitrogens with one attached hydrogen (secondary N) is 2. The van der Waals surface area contributed by atoms with Crippen molar-refractivity contribution in [3.05, 3.63) is 18.2 Å². The molecule has 1 aromatic carbocycles. The molecule has 0 saturated carbocycles. The van der Waals surface area contributed by atoms with Crippen molar-refractivity contribution < 1.29 is 18.9 Å². The number of hydrogen-bond acceptors (Lipinski definition) is 5. The number of ether oxygens (including phenoxy) is 4. The van der Waals surface area contributed by atoms with Gasteiger partial charge in [0.25, 0.3) is 0 Å². The molecular weight excluding hydrogens is 334 g/mol. The van der Waals surface area contributed by atoms with E-state index >= 15 is 0 Å². The molecule has 0 bridgehead atoms. The zero-order valence-corrected chi connectivity index (χ0v) is 16.0. The second-order valence-corrected chi connectivity index (χ2v) is 5.96. The molecule has 0 aliphatic carbocycles. The highest BCUT2D eigenvalue weighted by atomic mass is 16.5. The molecule has 1 aliphatic rings. The maximum atomic E-state index is 5.87. The van der Waals surface area contributed by atoms with Gasteiger partial charge in [-0.2, -0.15) is 0 Å². The van der Waals surface area contributed by atoms with Crippen molar-refractivity contribution >= 4 is 11.6 Å². The minimum absolute atomic E-state index is 0.345. The number of benzene rings is 1. The van der Waals surface area contributed by atoms with E-state index in [4.69, 9.17) is 18.9 Å². The van der Waals surface area contributed by atoms with Crippen LogP contribution in [0.1, 0.15) is 26.2 Å². The number of guanidine groups is 1. The van der Waals surface area contributed by atoms with E-state index < -0.39 is 0 Å². The Hall–Kier alpha value is -1.99. The third-order valence-corrected chi connectivity index (χ3v) is 4.09. The second kappa shape index (κ2) is 11.6. The predicted molar refractivity (Wildman–Crippen MR) is 104 cm³/mol. The van der Waals surface area contributed by atoms with E-state index in [1.165, 1.54) is 0 Å². The van der Waals surface area contributed by atoms with Gasteiger partial charge in [0.15, 0.2) is 17.5 Å². The molecule has 1 heterocycles. The highest BCUT2D eigenvalue weighted by molar-refractivity contribution is 5.93. The smallest absolute Gasteiger partial charge is 0.195 e. The summed E-state index contributed by atoms with van der Waals surface area (Å²) in [5.41, 5.74) is 0.886. The molecule has 0 aromatic heterocycles. The minimum atomic E-state index is 0.345. The normalized spacial score (nSPS) is 15.6. The van der Waals surface area contributed by atoms with Gasteiger partial charge in [-0.1, -0.05) is 0 Å². The number of rotatable bonds is 9. The van der Waals surface area contributed by atoms with Crippen LogP contribution in [0.5, 0.6) is 11.5 Å². The standard InChI is InChI=1S/C19H31N3O4/c1-4-25-17-7-6-15(14-18(17)23-3)22-19(20-2)21-10-5-11-26-16-8-12-24-13-9-16/h6-7,14,16H,4-5,8-13H2,1-3H3,(H2,20,21,22). The fraction of sp³-hybridized carbons (Fsp3) is 0.632. The topological polar surface area (TPSA) is 73.3 Å². The van der Waals surface area contributed by atoms with Crippen molar-refractivity contribution in [2.75, 3.05) is 52.4 Å². The van der Waals surface area contributed by atoms with E-state index in [0.29, 0.717) is 24.4 Å². The van der Waals surface area contributed by atoms with Crippen LogP contribution < -0.4 is 20.1 Å². The number of aliphatic imine (C=N–C) groups is 1. The molecule has 1 fully saturated rings. The van der Waals surface area contributed by atoms with Gasteiger partial charge in [-0.15, -0.1) is 0 Å². The molecule has 1 aromatic rings. The molecule has 0 spiro atoms. The molecule has 0 amide bonds. The van der Waals surface area contributed by atoms with Gasteiger partial charge >= 0.3 is 0 Å². The predicted octanol–water partition coefficient (Wildman–Crippen LogP) is 2.67. The van der Waals surface area contributed by atoms with Crippen LogP contribution in [0, 0.1) is 0 Å². The van der Waals surface area contributed by atoms with Crippen LogP contribution in [0.15, 0.2) is 23.2 Å². The number of nitrogens with zero attached hydrogens (tertiary/aromatic N) is 1. The Morgan fingerprint density at radius 2 is 2.08 bits per heavy atom. The molecule has 0 atom stereocenters. The second-order valence-electron chi connectivity index (χ2n) is 5.96. The Kier molecular flexibility index (Phi) is 9.06. The summed E-state index contributed by atoms with van der Waals surface area (Å²) in [4.78, 5) is 4.25. The summed E-state index contributed by atoms with van der Waals surface area (Å²) in [7, 11) is 3.38. The van der Waals surface area contributed by atoms with Gasteiger partial charge in [0, 0.05) is 45.2 Å². The lowest BCUT2D eigenvalue weighted by atomic mass is 10.1. The van der Waals surface area contributed by atoms with E-state index in [-0.39, 0.29) is 0 Å². The van der Waals surface area contributed by atoms with Crippen LogP contribution in [0.2, 0.25) is 0 Å². The van der Waals surface area contributed by atoms with E-state index in [2.05, 4.69) is 15.6 Å². The van der Waals surface area contributed by atoms with Gasteiger partial charge in [-0.05, 0) is 38.3 Å². The first-order chi connectivity index (χ1) is 12.8. The SMILES string of the molecule is CCOc1ccc(NC(=NC)NCCCOC2CCOCC2)cc1OC. The third kappa shape index (κ3) is 6.72. The molecule has 7 nitrogen and oxygen atoms in total. The first kappa shape index (κ1) is 20.3. The molecule has 0 unspecified atom stereocenters. The van der Waals surface area contributed by atoms with Crippen molar-refractivity contribution in [2.24, 2.45) is 4.99 Å². The molecule has 1 aliphatic heterocycles. The maximum absolute atomic E-state index is 5.87. The highest BCUT2D eigenvalue weighted by Crippen LogP contribution is 2.30. The Morgan fingerprint density at radius 1 is 1.27 bits per heavy atom. The molecule has 7 heteroatoms. The summed E-state index contributed by atoms with van der Waals surface area (Å²) in [5.74, 6) is 2.13. The van der Waals surface area contributed by atoms with Crippen LogP contribution >= 0.6 is 0 Å². The number of methoxy groups -OCH3 is 1. The minimum Gasteiger partial charge on any atom is -0.493 e. The third-order valence-electron chi connectivity index (χ3n) is 4.09. The summed E-state index contributed by atoms with van der Waals surface area (Å²) in [6, 6.07) is 5.72. The molecule has 26 heavy (non-hydrogen) atoms. The summed E-state index contributed by atoms with van der Waals surface area (Å²) in [5, 5.41) is 6.55. The van der Waals surface area contributed by atoms with Gasteiger partial charge < -0.3 is 29.6 Å². The van der Waals surface area contributed by atoms with E-state index in [9.17, 15) is 0 Å². The summed E-state index contributed by atoms with van der Waals surface area (Å²) in [6.45, 7) is 5.70. The highest BCUT2D eigenvalue weighted by Gasteiger charge is 2.13. The molecule has 1 saturated heterocycles. The van der Waals surface area contributed by atoms with Crippen molar-refractivity contribution in [3.8, 4) is 11.5 Å². The Balaban J connectivity index is 1.73. The van der Waals surface area contributed by atoms with Gasteiger partial charge in [0.2, 0.25) is 0 Å². The largest absolute Gasteiger partial charge is 0.493 e. The van der Waals surface area contributed by atoms with Gasteiger partial charge in [-0.3, -0.25) is 4.99 Å². The fourth-order valence-electron chi connectivity index (χ4n) is 2.71. The average Bonchev–Trinajstić information content (AvgIpc) is 2.68. The van der Waals surface area contributed by atoms with Crippen LogP contribution in [-0.4, -0.2) is 59.2 Å². The van der Waals surface area contributed by atoms with Crippen LogP contribution in [-0.2, 0) is 9.47 Å². The van der Waals surface area contributed by atoms with Gasteiger partial charge in [-0.25, -0.2) is 0 Å². The average molecular weight is 365 g/mol. The Morgan fingerprint density at radius 3 is 2.77 bits per heavy atom. The number of anilines is 1. The lowest BCUT2D eigenvalue weighted by Crippen LogP contribution is -2.32. The molecule has 2 rings (SSSR count). The number of hydrogen-bond donors (Lipinski definition) is 2. The van der Waals surface area contributed by atoms with Crippen molar-refractivity contribution in [2.45, 2.75) is 32.3 Å². The maximum Gasteiger partial charge on any atom is 0.195 e. The van der Waals surface area contributed by atoms with E-state index in [1.54, 1.807) is 14.2 Å². The van der Waals surface area contributed by atoms with Crippen molar-refractivity contribution in [3.63, 3.8) is 0 Å².